The number of aromatic nitrogens is 3. The van der Waals surface area contributed by atoms with Crippen molar-refractivity contribution in [3.05, 3.63) is 53.1 Å². The molecule has 5 nitrogen and oxygen atoms in total. The number of benzene rings is 1. The van der Waals surface area contributed by atoms with Crippen molar-refractivity contribution in [1.82, 2.24) is 13.9 Å². The van der Waals surface area contributed by atoms with E-state index in [9.17, 15) is 5.11 Å². The number of hydrogen-bond donors (Lipinski definition) is 1. The van der Waals surface area contributed by atoms with Gasteiger partial charge in [-0.15, -0.1) is 0 Å². The zero-order chi connectivity index (χ0) is 17.4. The van der Waals surface area contributed by atoms with E-state index in [1.165, 1.54) is 0 Å². The van der Waals surface area contributed by atoms with E-state index in [4.69, 9.17) is 16.3 Å². The number of aliphatic hydroxyl groups is 1. The molecule has 7 heteroatoms. The average molecular weight is 376 g/mol. The first-order valence-electron chi connectivity index (χ1n) is 8.20. The number of ether oxygens (including phenoxy) is 1. The summed E-state index contributed by atoms with van der Waals surface area (Å²) in [5, 5.41) is 9.79. The van der Waals surface area contributed by atoms with E-state index >= 15 is 0 Å². The van der Waals surface area contributed by atoms with E-state index in [1.807, 2.05) is 47.4 Å². The third-order valence-electron chi connectivity index (χ3n) is 4.31. The van der Waals surface area contributed by atoms with Crippen LogP contribution in [-0.4, -0.2) is 31.8 Å². The molecule has 130 valence electrons. The Balaban J connectivity index is 1.80. The summed E-state index contributed by atoms with van der Waals surface area (Å²) in [6.07, 6.45) is 3.55. The van der Waals surface area contributed by atoms with Gasteiger partial charge in [0.1, 0.15) is 16.9 Å². The van der Waals surface area contributed by atoms with Gasteiger partial charge in [0.25, 0.3) is 0 Å². The van der Waals surface area contributed by atoms with Gasteiger partial charge in [-0.3, -0.25) is 3.97 Å². The summed E-state index contributed by atoms with van der Waals surface area (Å²) >= 11 is 8.01. The maximum atomic E-state index is 9.35. The molecule has 3 heterocycles. The Hall–Kier alpha value is -1.60. The van der Waals surface area contributed by atoms with Gasteiger partial charge >= 0.3 is 0 Å². The van der Waals surface area contributed by atoms with Crippen LogP contribution in [0.15, 0.2) is 41.4 Å². The first-order chi connectivity index (χ1) is 12.2. The van der Waals surface area contributed by atoms with Gasteiger partial charge in [-0.1, -0.05) is 29.8 Å². The molecule has 0 bridgehead atoms. The van der Waals surface area contributed by atoms with Crippen molar-refractivity contribution < 1.29 is 9.84 Å². The lowest BCUT2D eigenvalue weighted by atomic mass is 10.1. The van der Waals surface area contributed by atoms with Crippen LogP contribution in [-0.2, 0) is 4.74 Å². The van der Waals surface area contributed by atoms with Crippen molar-refractivity contribution in [1.29, 1.82) is 0 Å². The molecule has 2 atom stereocenters. The normalized spacial score (nSPS) is 20.4. The number of halogens is 1. The van der Waals surface area contributed by atoms with Crippen LogP contribution in [0, 0.1) is 6.92 Å². The summed E-state index contributed by atoms with van der Waals surface area (Å²) in [7, 11) is 0. The molecule has 2 aromatic heterocycles. The zero-order valence-electron chi connectivity index (χ0n) is 13.7. The quantitative estimate of drug-likeness (QED) is 0.694. The van der Waals surface area contributed by atoms with Crippen molar-refractivity contribution >= 4 is 34.6 Å². The van der Waals surface area contributed by atoms with E-state index in [0.29, 0.717) is 11.0 Å². The smallest absolute Gasteiger partial charge is 0.157 e. The van der Waals surface area contributed by atoms with Gasteiger partial charge in [0.05, 0.1) is 18.8 Å². The molecule has 0 saturated carbocycles. The predicted octanol–water partition coefficient (Wildman–Crippen LogP) is 4.16. The van der Waals surface area contributed by atoms with Crippen LogP contribution in [0.4, 0.5) is 0 Å². The number of aryl methyl sites for hydroxylation is 1. The fraction of sp³-hybridized carbons (Fsp3) is 0.333. The molecule has 1 N–H and O–H groups in total. The molecule has 1 aliphatic heterocycles. The summed E-state index contributed by atoms with van der Waals surface area (Å²) in [5.41, 5.74) is 2.62. The SMILES string of the molecule is Cc1nc(Cl)c2c(n1)c(C1CCC(CO)O1)cn2Sc1ccccc1. The third kappa shape index (κ3) is 3.27. The number of nitrogens with zero attached hydrogens (tertiary/aromatic N) is 3. The van der Waals surface area contributed by atoms with Gasteiger partial charge in [-0.25, -0.2) is 9.97 Å². The maximum Gasteiger partial charge on any atom is 0.157 e. The maximum absolute atomic E-state index is 9.35. The minimum absolute atomic E-state index is 0.0443. The Kier molecular flexibility index (Phi) is 4.69. The molecule has 25 heavy (non-hydrogen) atoms. The van der Waals surface area contributed by atoms with Crippen LogP contribution < -0.4 is 0 Å². The lowest BCUT2D eigenvalue weighted by Crippen LogP contribution is -2.11. The second kappa shape index (κ2) is 6.96. The van der Waals surface area contributed by atoms with Gasteiger partial charge in [-0.2, -0.15) is 0 Å². The standard InChI is InChI=1S/C18H18ClN3O2S/c1-11-20-16-14(15-8-7-12(10-23)24-15)9-22(17(16)18(19)21-11)25-13-5-3-2-4-6-13/h2-6,9,12,15,23H,7-8,10H2,1H3. The number of aliphatic hydroxyl groups excluding tert-OH is 1. The molecule has 4 rings (SSSR count). The van der Waals surface area contributed by atoms with E-state index in [1.54, 1.807) is 11.9 Å². The minimum Gasteiger partial charge on any atom is -0.394 e. The van der Waals surface area contributed by atoms with Crippen molar-refractivity contribution in [2.24, 2.45) is 0 Å². The summed E-state index contributed by atoms with van der Waals surface area (Å²) < 4.78 is 7.98. The second-order valence-corrected chi connectivity index (χ2v) is 7.49. The highest BCUT2D eigenvalue weighted by atomic mass is 35.5. The Morgan fingerprint density at radius 2 is 2.08 bits per heavy atom. The predicted molar refractivity (Wildman–Crippen MR) is 98.9 cm³/mol. The van der Waals surface area contributed by atoms with Crippen molar-refractivity contribution in [3.63, 3.8) is 0 Å². The fourth-order valence-electron chi connectivity index (χ4n) is 3.15. The van der Waals surface area contributed by atoms with Gasteiger partial charge in [0, 0.05) is 16.7 Å². The van der Waals surface area contributed by atoms with Crippen LogP contribution in [0.2, 0.25) is 5.15 Å². The highest BCUT2D eigenvalue weighted by Gasteiger charge is 2.30. The van der Waals surface area contributed by atoms with E-state index in [2.05, 4.69) is 9.97 Å². The molecule has 0 amide bonds. The summed E-state index contributed by atoms with van der Waals surface area (Å²) in [4.78, 5) is 10.0. The van der Waals surface area contributed by atoms with E-state index < -0.39 is 0 Å². The van der Waals surface area contributed by atoms with Crippen LogP contribution in [0.1, 0.15) is 30.3 Å². The lowest BCUT2D eigenvalue weighted by Gasteiger charge is -2.10. The largest absolute Gasteiger partial charge is 0.394 e. The molecular formula is C18H18ClN3O2S. The molecule has 1 saturated heterocycles. The molecule has 1 aliphatic rings. The van der Waals surface area contributed by atoms with E-state index in [0.717, 1.165) is 34.3 Å². The van der Waals surface area contributed by atoms with Crippen molar-refractivity contribution in [2.45, 2.75) is 36.9 Å². The van der Waals surface area contributed by atoms with Crippen molar-refractivity contribution in [3.8, 4) is 0 Å². The fourth-order valence-corrected chi connectivity index (χ4v) is 4.44. The lowest BCUT2D eigenvalue weighted by molar-refractivity contribution is 0.0115. The summed E-state index contributed by atoms with van der Waals surface area (Å²) in [6.45, 7) is 1.88. The van der Waals surface area contributed by atoms with Crippen molar-refractivity contribution in [2.75, 3.05) is 6.61 Å². The number of hydrogen-bond acceptors (Lipinski definition) is 5. The highest BCUT2D eigenvalue weighted by Crippen LogP contribution is 2.40. The molecule has 0 radical (unpaired) electrons. The molecule has 1 aromatic carbocycles. The Morgan fingerprint density at radius 3 is 2.80 bits per heavy atom. The molecule has 0 spiro atoms. The Labute approximate surface area is 155 Å². The van der Waals surface area contributed by atoms with Gasteiger partial charge < -0.3 is 9.84 Å². The van der Waals surface area contributed by atoms with Crippen LogP contribution >= 0.6 is 23.5 Å². The molecule has 3 aromatic rings. The first kappa shape index (κ1) is 16.8. The van der Waals surface area contributed by atoms with Crippen LogP contribution in [0.5, 0.6) is 0 Å². The highest BCUT2D eigenvalue weighted by molar-refractivity contribution is 7.98. The van der Waals surface area contributed by atoms with E-state index in [-0.39, 0.29) is 18.8 Å². The molecule has 0 aliphatic carbocycles. The molecule has 2 unspecified atom stereocenters. The molecule has 1 fully saturated rings. The zero-order valence-corrected chi connectivity index (χ0v) is 15.3. The minimum atomic E-state index is -0.108. The Morgan fingerprint density at radius 1 is 1.28 bits per heavy atom. The van der Waals surface area contributed by atoms with Gasteiger partial charge in [0.2, 0.25) is 0 Å². The monoisotopic (exact) mass is 375 g/mol. The molecular weight excluding hydrogens is 358 g/mol. The van der Waals surface area contributed by atoms with Crippen LogP contribution in [0.25, 0.3) is 11.0 Å². The average Bonchev–Trinajstić information content (AvgIpc) is 3.20. The van der Waals surface area contributed by atoms with Crippen LogP contribution in [0.3, 0.4) is 0 Å². The summed E-state index contributed by atoms with van der Waals surface area (Å²) in [6, 6.07) is 10.1. The Bertz CT molecular complexity index is 900. The third-order valence-corrected chi connectivity index (χ3v) is 5.54. The number of rotatable bonds is 4. The second-order valence-electron chi connectivity index (χ2n) is 6.08. The van der Waals surface area contributed by atoms with Gasteiger partial charge in [0.15, 0.2) is 5.15 Å². The topological polar surface area (TPSA) is 60.2 Å². The number of fused-ring (bicyclic) bond motifs is 1. The van der Waals surface area contributed by atoms with Gasteiger partial charge in [-0.05, 0) is 43.8 Å². The summed E-state index contributed by atoms with van der Waals surface area (Å²) in [5.74, 6) is 0.637. The first-order valence-corrected chi connectivity index (χ1v) is 9.35.